The van der Waals surface area contributed by atoms with E-state index < -0.39 is 0 Å². The molecule has 174 valence electrons. The van der Waals surface area contributed by atoms with Crippen molar-refractivity contribution >= 4 is 16.5 Å². The lowest BCUT2D eigenvalue weighted by molar-refractivity contribution is 0.526. The Labute approximate surface area is 193 Å². The van der Waals surface area contributed by atoms with Crippen LogP contribution in [-0.2, 0) is 0 Å². The van der Waals surface area contributed by atoms with Crippen molar-refractivity contribution in [3.63, 3.8) is 0 Å². The molecule has 1 heteroatoms. The van der Waals surface area contributed by atoms with Crippen molar-refractivity contribution in [1.82, 2.24) is 0 Å². The second kappa shape index (κ2) is 18.1. The Kier molecular flexibility index (Phi) is 15.0. The monoisotopic (exact) mass is 423 g/mol. The van der Waals surface area contributed by atoms with Crippen LogP contribution >= 0.6 is 0 Å². The van der Waals surface area contributed by atoms with Gasteiger partial charge >= 0.3 is 0 Å². The molecule has 31 heavy (non-hydrogen) atoms. The highest BCUT2D eigenvalue weighted by Crippen LogP contribution is 2.23. The maximum absolute atomic E-state index is 3.64. The van der Waals surface area contributed by atoms with Gasteiger partial charge in [-0.25, -0.2) is 0 Å². The maximum atomic E-state index is 3.64. The van der Waals surface area contributed by atoms with E-state index in [9.17, 15) is 0 Å². The number of unbranched alkanes of at least 4 members (excludes halogenated alkanes) is 17. The van der Waals surface area contributed by atoms with E-state index in [1.807, 2.05) is 0 Å². The van der Waals surface area contributed by atoms with Crippen molar-refractivity contribution in [1.29, 1.82) is 0 Å². The van der Waals surface area contributed by atoms with Crippen LogP contribution in [0.4, 0.5) is 5.69 Å². The van der Waals surface area contributed by atoms with Crippen LogP contribution in [0.1, 0.15) is 122 Å². The zero-order chi connectivity index (χ0) is 21.8. The number of rotatable bonds is 20. The Morgan fingerprint density at radius 3 is 1.48 bits per heavy atom. The van der Waals surface area contributed by atoms with Gasteiger partial charge in [0, 0.05) is 17.6 Å². The summed E-state index contributed by atoms with van der Waals surface area (Å²) in [5.41, 5.74) is 1.28. The predicted octanol–water partition coefficient (Wildman–Crippen LogP) is 10.3. The first-order valence-electron chi connectivity index (χ1n) is 13.6. The van der Waals surface area contributed by atoms with E-state index in [4.69, 9.17) is 0 Å². The SMILES string of the molecule is CCCCCCCCCCCCCCCCCCCCNc1cccc2ccccc12. The zero-order valence-corrected chi connectivity index (χ0v) is 20.5. The van der Waals surface area contributed by atoms with Gasteiger partial charge in [-0.2, -0.15) is 0 Å². The molecule has 2 aromatic rings. The number of anilines is 1. The first-order chi connectivity index (χ1) is 15.4. The molecule has 0 bridgehead atoms. The highest BCUT2D eigenvalue weighted by atomic mass is 14.9. The second-order valence-electron chi connectivity index (χ2n) is 9.46. The molecule has 0 aliphatic heterocycles. The van der Waals surface area contributed by atoms with Crippen LogP contribution in [0.3, 0.4) is 0 Å². The number of hydrogen-bond acceptors (Lipinski definition) is 1. The van der Waals surface area contributed by atoms with E-state index in [0.29, 0.717) is 0 Å². The maximum Gasteiger partial charge on any atom is 0.0419 e. The first kappa shape index (κ1) is 25.8. The number of fused-ring (bicyclic) bond motifs is 1. The van der Waals surface area contributed by atoms with Crippen molar-refractivity contribution in [2.75, 3.05) is 11.9 Å². The van der Waals surface area contributed by atoms with Crippen LogP contribution in [0.5, 0.6) is 0 Å². The molecule has 0 atom stereocenters. The largest absolute Gasteiger partial charge is 0.385 e. The first-order valence-corrected chi connectivity index (χ1v) is 13.6. The van der Waals surface area contributed by atoms with Crippen molar-refractivity contribution in [2.45, 2.75) is 122 Å². The lowest BCUT2D eigenvalue weighted by Crippen LogP contribution is -2.01. The minimum Gasteiger partial charge on any atom is -0.385 e. The van der Waals surface area contributed by atoms with E-state index in [1.54, 1.807) is 0 Å². The summed E-state index contributed by atoms with van der Waals surface area (Å²) < 4.78 is 0. The molecular formula is C30H49N. The van der Waals surface area contributed by atoms with Gasteiger partial charge in [0.15, 0.2) is 0 Å². The van der Waals surface area contributed by atoms with Crippen molar-refractivity contribution in [3.05, 3.63) is 42.5 Å². The van der Waals surface area contributed by atoms with E-state index >= 15 is 0 Å². The summed E-state index contributed by atoms with van der Waals surface area (Å²) >= 11 is 0. The lowest BCUT2D eigenvalue weighted by Gasteiger charge is -2.09. The topological polar surface area (TPSA) is 12.0 Å². The van der Waals surface area contributed by atoms with Crippen LogP contribution in [0.25, 0.3) is 10.8 Å². The average molecular weight is 424 g/mol. The molecule has 0 aliphatic rings. The van der Waals surface area contributed by atoms with Crippen LogP contribution in [0.15, 0.2) is 42.5 Å². The quantitative estimate of drug-likeness (QED) is 0.209. The van der Waals surface area contributed by atoms with E-state index in [1.165, 1.54) is 132 Å². The Balaban J connectivity index is 1.31. The molecule has 1 N–H and O–H groups in total. The van der Waals surface area contributed by atoms with Crippen LogP contribution in [-0.4, -0.2) is 6.54 Å². The number of benzene rings is 2. The molecule has 1 nitrogen and oxygen atoms in total. The van der Waals surface area contributed by atoms with Crippen LogP contribution in [0.2, 0.25) is 0 Å². The third-order valence-corrected chi connectivity index (χ3v) is 6.64. The standard InChI is InChI=1S/C30H49N/c1-2-3-4-5-6-7-8-9-10-11-12-13-14-15-16-17-18-21-27-31-30-26-22-24-28-23-19-20-25-29(28)30/h19-20,22-26,31H,2-18,21,27H2,1H3. The van der Waals surface area contributed by atoms with Gasteiger partial charge in [-0.15, -0.1) is 0 Å². The van der Waals surface area contributed by atoms with Crippen molar-refractivity contribution < 1.29 is 0 Å². The molecule has 2 rings (SSSR count). The van der Waals surface area contributed by atoms with Crippen molar-refractivity contribution in [2.24, 2.45) is 0 Å². The molecule has 0 fully saturated rings. The highest BCUT2D eigenvalue weighted by Gasteiger charge is 1.99. The fourth-order valence-corrected chi connectivity index (χ4v) is 4.63. The molecule has 0 saturated carbocycles. The van der Waals surface area contributed by atoms with Gasteiger partial charge < -0.3 is 5.32 Å². The number of nitrogens with one attached hydrogen (secondary N) is 1. The van der Waals surface area contributed by atoms with E-state index in [2.05, 4.69) is 54.7 Å². The van der Waals surface area contributed by atoms with E-state index in [-0.39, 0.29) is 0 Å². The fourth-order valence-electron chi connectivity index (χ4n) is 4.63. The van der Waals surface area contributed by atoms with Gasteiger partial charge in [0.25, 0.3) is 0 Å². The highest BCUT2D eigenvalue weighted by molar-refractivity contribution is 5.93. The fraction of sp³-hybridized carbons (Fsp3) is 0.667. The minimum atomic E-state index is 1.09. The third-order valence-electron chi connectivity index (χ3n) is 6.64. The van der Waals surface area contributed by atoms with Gasteiger partial charge in [-0.05, 0) is 17.9 Å². The lowest BCUT2D eigenvalue weighted by atomic mass is 10.0. The summed E-state index contributed by atoms with van der Waals surface area (Å²) in [4.78, 5) is 0. The Hall–Kier alpha value is -1.50. The molecule has 0 aromatic heterocycles. The Bertz CT molecular complexity index is 657. The molecule has 0 spiro atoms. The summed E-state index contributed by atoms with van der Waals surface area (Å²) in [6, 6.07) is 15.2. The summed E-state index contributed by atoms with van der Waals surface area (Å²) in [6.07, 6.45) is 25.8. The normalized spacial score (nSPS) is 11.3. The Morgan fingerprint density at radius 1 is 0.484 bits per heavy atom. The molecule has 0 heterocycles. The summed E-state index contributed by atoms with van der Waals surface area (Å²) in [5, 5.41) is 6.31. The number of hydrogen-bond donors (Lipinski definition) is 1. The molecule has 0 saturated heterocycles. The van der Waals surface area contributed by atoms with Gasteiger partial charge in [0.1, 0.15) is 0 Å². The molecule has 0 radical (unpaired) electrons. The van der Waals surface area contributed by atoms with Crippen LogP contribution in [0, 0.1) is 0 Å². The smallest absolute Gasteiger partial charge is 0.0419 e. The summed E-state index contributed by atoms with van der Waals surface area (Å²) in [7, 11) is 0. The molecule has 0 aliphatic carbocycles. The second-order valence-corrected chi connectivity index (χ2v) is 9.46. The molecule has 2 aromatic carbocycles. The van der Waals surface area contributed by atoms with Gasteiger partial charge in [0.2, 0.25) is 0 Å². The third kappa shape index (κ3) is 12.2. The zero-order valence-electron chi connectivity index (χ0n) is 20.5. The summed E-state index contributed by atoms with van der Waals surface area (Å²) in [5.74, 6) is 0. The molecular weight excluding hydrogens is 374 g/mol. The summed E-state index contributed by atoms with van der Waals surface area (Å²) in [6.45, 7) is 3.39. The molecule has 0 unspecified atom stereocenters. The van der Waals surface area contributed by atoms with Gasteiger partial charge in [0.05, 0.1) is 0 Å². The Morgan fingerprint density at radius 2 is 0.935 bits per heavy atom. The minimum absolute atomic E-state index is 1.09. The van der Waals surface area contributed by atoms with Crippen molar-refractivity contribution in [3.8, 4) is 0 Å². The molecule has 0 amide bonds. The van der Waals surface area contributed by atoms with Gasteiger partial charge in [-0.1, -0.05) is 152 Å². The average Bonchev–Trinajstić information content (AvgIpc) is 2.80. The van der Waals surface area contributed by atoms with Crippen LogP contribution < -0.4 is 5.32 Å². The predicted molar refractivity (Wildman–Crippen MR) is 141 cm³/mol. The van der Waals surface area contributed by atoms with Gasteiger partial charge in [-0.3, -0.25) is 0 Å². The van der Waals surface area contributed by atoms with E-state index in [0.717, 1.165) is 6.54 Å².